The minimum Gasteiger partial charge on any atom is -0.315 e. The van der Waals surface area contributed by atoms with Crippen LogP contribution in [0.4, 0.5) is 0 Å². The smallest absolute Gasteiger partial charge is 0.0110 e. The van der Waals surface area contributed by atoms with Crippen molar-refractivity contribution < 1.29 is 0 Å². The van der Waals surface area contributed by atoms with Gasteiger partial charge in [0.15, 0.2) is 0 Å². The molecule has 1 saturated carbocycles. The Kier molecular flexibility index (Phi) is 2.61. The first-order valence-corrected chi connectivity index (χ1v) is 5.67. The van der Waals surface area contributed by atoms with Crippen LogP contribution in [0.15, 0.2) is 0 Å². The van der Waals surface area contributed by atoms with E-state index in [1.165, 1.54) is 45.4 Å². The molecule has 0 radical (unpaired) electrons. The fourth-order valence-corrected chi connectivity index (χ4v) is 2.59. The summed E-state index contributed by atoms with van der Waals surface area (Å²) in [5, 5.41) is 3.58. The third-order valence-corrected chi connectivity index (χ3v) is 3.76. The van der Waals surface area contributed by atoms with Gasteiger partial charge in [0.05, 0.1) is 0 Å². The van der Waals surface area contributed by atoms with Gasteiger partial charge in [0.25, 0.3) is 0 Å². The molecule has 0 aromatic carbocycles. The van der Waals surface area contributed by atoms with Gasteiger partial charge in [-0.15, -0.1) is 0 Å². The van der Waals surface area contributed by atoms with E-state index in [0.717, 1.165) is 6.04 Å². The van der Waals surface area contributed by atoms with Gasteiger partial charge in [0, 0.05) is 32.2 Å². The Bertz CT molecular complexity index is 173. The Hall–Kier alpha value is -0.0800. The zero-order valence-corrected chi connectivity index (χ0v) is 8.97. The SMILES string of the molecule is CC(C)N1CCNCC2(CCC2)C1. The zero-order chi connectivity index (χ0) is 9.31. The molecule has 0 atom stereocenters. The third kappa shape index (κ3) is 1.89. The van der Waals surface area contributed by atoms with Crippen LogP contribution in [0.5, 0.6) is 0 Å². The highest BCUT2D eigenvalue weighted by atomic mass is 15.2. The molecule has 0 bridgehead atoms. The van der Waals surface area contributed by atoms with Crippen molar-refractivity contribution in [3.05, 3.63) is 0 Å². The van der Waals surface area contributed by atoms with E-state index in [9.17, 15) is 0 Å². The fraction of sp³-hybridized carbons (Fsp3) is 1.00. The fourth-order valence-electron chi connectivity index (χ4n) is 2.59. The average Bonchev–Trinajstić information content (AvgIpc) is 2.24. The molecule has 1 aliphatic carbocycles. The summed E-state index contributed by atoms with van der Waals surface area (Å²) in [6, 6.07) is 0.720. The van der Waals surface area contributed by atoms with Gasteiger partial charge in [0.1, 0.15) is 0 Å². The summed E-state index contributed by atoms with van der Waals surface area (Å²) < 4.78 is 0. The summed E-state index contributed by atoms with van der Waals surface area (Å²) in [5.41, 5.74) is 0.654. The number of nitrogens with one attached hydrogen (secondary N) is 1. The Morgan fingerprint density at radius 2 is 2.08 bits per heavy atom. The molecular weight excluding hydrogens is 160 g/mol. The van der Waals surface area contributed by atoms with Crippen LogP contribution in [0.1, 0.15) is 33.1 Å². The number of nitrogens with zero attached hydrogens (tertiary/aromatic N) is 1. The summed E-state index contributed by atoms with van der Waals surface area (Å²) in [4.78, 5) is 2.64. The normalized spacial score (nSPS) is 28.8. The highest BCUT2D eigenvalue weighted by Crippen LogP contribution is 2.41. The van der Waals surface area contributed by atoms with Crippen LogP contribution in [0.25, 0.3) is 0 Å². The van der Waals surface area contributed by atoms with E-state index in [-0.39, 0.29) is 0 Å². The average molecular weight is 182 g/mol. The minimum atomic E-state index is 0.654. The van der Waals surface area contributed by atoms with Gasteiger partial charge in [-0.3, -0.25) is 4.90 Å². The first-order chi connectivity index (χ1) is 6.22. The molecule has 0 aromatic rings. The van der Waals surface area contributed by atoms with Gasteiger partial charge in [-0.1, -0.05) is 6.42 Å². The van der Waals surface area contributed by atoms with Gasteiger partial charge in [0.2, 0.25) is 0 Å². The van der Waals surface area contributed by atoms with Crippen LogP contribution in [-0.2, 0) is 0 Å². The van der Waals surface area contributed by atoms with Gasteiger partial charge in [-0.05, 0) is 32.1 Å². The lowest BCUT2D eigenvalue weighted by Crippen LogP contribution is -2.46. The van der Waals surface area contributed by atoms with E-state index in [4.69, 9.17) is 0 Å². The van der Waals surface area contributed by atoms with Crippen LogP contribution in [0, 0.1) is 5.41 Å². The molecule has 1 spiro atoms. The van der Waals surface area contributed by atoms with Gasteiger partial charge >= 0.3 is 0 Å². The van der Waals surface area contributed by atoms with E-state index in [1.807, 2.05) is 0 Å². The lowest BCUT2D eigenvalue weighted by molar-refractivity contribution is 0.0720. The summed E-state index contributed by atoms with van der Waals surface area (Å²) in [6.07, 6.45) is 4.35. The molecule has 2 aliphatic rings. The van der Waals surface area contributed by atoms with E-state index in [0.29, 0.717) is 5.41 Å². The lowest BCUT2D eigenvalue weighted by atomic mass is 9.68. The molecule has 0 amide bonds. The summed E-state index contributed by atoms with van der Waals surface area (Å²) in [6.45, 7) is 9.64. The molecule has 1 heterocycles. The Morgan fingerprint density at radius 3 is 2.62 bits per heavy atom. The van der Waals surface area contributed by atoms with Crippen molar-refractivity contribution in [3.63, 3.8) is 0 Å². The summed E-state index contributed by atoms with van der Waals surface area (Å²) in [7, 11) is 0. The molecule has 1 saturated heterocycles. The van der Waals surface area contributed by atoms with Gasteiger partial charge in [-0.2, -0.15) is 0 Å². The predicted octanol–water partition coefficient (Wildman–Crippen LogP) is 1.47. The molecule has 1 aliphatic heterocycles. The van der Waals surface area contributed by atoms with Crippen LogP contribution in [0.2, 0.25) is 0 Å². The number of rotatable bonds is 1. The maximum Gasteiger partial charge on any atom is 0.0110 e. The second kappa shape index (κ2) is 3.58. The van der Waals surface area contributed by atoms with Crippen LogP contribution in [0.3, 0.4) is 0 Å². The largest absolute Gasteiger partial charge is 0.315 e. The molecule has 2 fully saturated rings. The van der Waals surface area contributed by atoms with E-state index in [2.05, 4.69) is 24.1 Å². The number of hydrogen-bond acceptors (Lipinski definition) is 2. The van der Waals surface area contributed by atoms with Crippen molar-refractivity contribution >= 4 is 0 Å². The van der Waals surface area contributed by atoms with Crippen LogP contribution in [-0.4, -0.2) is 37.1 Å². The first-order valence-electron chi connectivity index (χ1n) is 5.67. The quantitative estimate of drug-likeness (QED) is 0.660. The van der Waals surface area contributed by atoms with Crippen molar-refractivity contribution in [3.8, 4) is 0 Å². The molecule has 2 heteroatoms. The van der Waals surface area contributed by atoms with Crippen molar-refractivity contribution in [1.82, 2.24) is 10.2 Å². The lowest BCUT2D eigenvalue weighted by Gasteiger charge is -2.44. The monoisotopic (exact) mass is 182 g/mol. The highest BCUT2D eigenvalue weighted by molar-refractivity contribution is 4.94. The first kappa shape index (κ1) is 9.47. The molecular formula is C11H22N2. The standard InChI is InChI=1S/C11H22N2/c1-10(2)13-7-6-12-8-11(9-13)4-3-5-11/h10,12H,3-9H2,1-2H3. The second-order valence-electron chi connectivity index (χ2n) is 5.09. The molecule has 1 N–H and O–H groups in total. The maximum atomic E-state index is 3.58. The molecule has 2 rings (SSSR count). The van der Waals surface area contributed by atoms with E-state index in [1.54, 1.807) is 0 Å². The van der Waals surface area contributed by atoms with Gasteiger partial charge < -0.3 is 5.32 Å². The van der Waals surface area contributed by atoms with Crippen molar-refractivity contribution in [2.75, 3.05) is 26.2 Å². The van der Waals surface area contributed by atoms with Crippen molar-refractivity contribution in [2.24, 2.45) is 5.41 Å². The Balaban J connectivity index is 1.98. The highest BCUT2D eigenvalue weighted by Gasteiger charge is 2.39. The Morgan fingerprint density at radius 1 is 1.31 bits per heavy atom. The Labute approximate surface area is 81.7 Å². The van der Waals surface area contributed by atoms with E-state index >= 15 is 0 Å². The van der Waals surface area contributed by atoms with Crippen molar-refractivity contribution in [2.45, 2.75) is 39.2 Å². The topological polar surface area (TPSA) is 15.3 Å². The third-order valence-electron chi connectivity index (χ3n) is 3.76. The van der Waals surface area contributed by atoms with Crippen LogP contribution >= 0.6 is 0 Å². The molecule has 13 heavy (non-hydrogen) atoms. The zero-order valence-electron chi connectivity index (χ0n) is 8.97. The molecule has 2 nitrogen and oxygen atoms in total. The second-order valence-corrected chi connectivity index (χ2v) is 5.09. The van der Waals surface area contributed by atoms with Gasteiger partial charge in [-0.25, -0.2) is 0 Å². The predicted molar refractivity (Wildman–Crippen MR) is 55.9 cm³/mol. The van der Waals surface area contributed by atoms with E-state index < -0.39 is 0 Å². The van der Waals surface area contributed by atoms with Crippen molar-refractivity contribution in [1.29, 1.82) is 0 Å². The minimum absolute atomic E-state index is 0.654. The summed E-state index contributed by atoms with van der Waals surface area (Å²) in [5.74, 6) is 0. The molecule has 0 unspecified atom stereocenters. The molecule has 0 aromatic heterocycles. The summed E-state index contributed by atoms with van der Waals surface area (Å²) >= 11 is 0. The van der Waals surface area contributed by atoms with Crippen LogP contribution < -0.4 is 5.32 Å². The maximum absolute atomic E-state index is 3.58. The number of hydrogen-bond donors (Lipinski definition) is 1. The molecule has 76 valence electrons.